The molecule has 1 aromatic carbocycles. The lowest BCUT2D eigenvalue weighted by Crippen LogP contribution is -2.56. The van der Waals surface area contributed by atoms with E-state index in [-0.39, 0.29) is 61.3 Å². The van der Waals surface area contributed by atoms with Crippen molar-refractivity contribution in [2.75, 3.05) is 59.5 Å². The third-order valence-corrected chi connectivity index (χ3v) is 7.88. The molecule has 2 saturated heterocycles. The summed E-state index contributed by atoms with van der Waals surface area (Å²) in [4.78, 5) is 41.8. The molecule has 0 unspecified atom stereocenters. The van der Waals surface area contributed by atoms with Crippen LogP contribution in [0.5, 0.6) is 0 Å². The van der Waals surface area contributed by atoms with Crippen molar-refractivity contribution in [2.24, 2.45) is 0 Å². The number of ether oxygens (including phenoxy) is 1. The first-order valence-corrected chi connectivity index (χ1v) is 11.8. The number of hydrogen-bond acceptors (Lipinski definition) is 6. The van der Waals surface area contributed by atoms with Gasteiger partial charge in [0.1, 0.15) is 5.82 Å². The number of nitrogens with one attached hydrogen (secondary N) is 2. The molecule has 2 aliphatic heterocycles. The molecule has 33 heavy (non-hydrogen) atoms. The molecule has 0 spiro atoms. The minimum absolute atomic E-state index is 0.0302. The molecule has 13 heteroatoms. The molecule has 11 nitrogen and oxygen atoms in total. The highest BCUT2D eigenvalue weighted by molar-refractivity contribution is 7.86. The Morgan fingerprint density at radius 3 is 2.27 bits per heavy atom. The molecule has 0 bridgehead atoms. The summed E-state index contributed by atoms with van der Waals surface area (Å²) in [5, 5.41) is 2.30. The molecule has 3 heterocycles. The van der Waals surface area contributed by atoms with Gasteiger partial charge in [-0.15, -0.1) is 0 Å². The van der Waals surface area contributed by atoms with E-state index >= 15 is 0 Å². The number of carbonyl (C=O) groups excluding carboxylic acids is 3. The molecule has 0 radical (unpaired) electrons. The number of morpholine rings is 1. The summed E-state index contributed by atoms with van der Waals surface area (Å²) in [7, 11) is -2.25. The molecule has 0 atom stereocenters. The smallest absolute Gasteiger partial charge is 0.295 e. The lowest BCUT2D eigenvalue weighted by molar-refractivity contribution is -0.127. The molecule has 1 aromatic heterocycles. The first kappa shape index (κ1) is 23.3. The van der Waals surface area contributed by atoms with Gasteiger partial charge in [-0.3, -0.25) is 14.4 Å². The summed E-state index contributed by atoms with van der Waals surface area (Å²) in [6.45, 7) is 1.34. The number of rotatable bonds is 5. The van der Waals surface area contributed by atoms with E-state index in [0.717, 1.165) is 6.07 Å². The van der Waals surface area contributed by atoms with Crippen LogP contribution >= 0.6 is 0 Å². The van der Waals surface area contributed by atoms with E-state index in [4.69, 9.17) is 4.74 Å². The highest BCUT2D eigenvalue weighted by Gasteiger charge is 2.36. The van der Waals surface area contributed by atoms with Crippen molar-refractivity contribution in [1.29, 1.82) is 0 Å². The lowest BCUT2D eigenvalue weighted by Gasteiger charge is -2.37. The lowest BCUT2D eigenvalue weighted by atomic mass is 10.0. The first-order chi connectivity index (χ1) is 15.8. The topological polar surface area (TPSA) is 132 Å². The Hall–Kier alpha value is -2.87. The zero-order chi connectivity index (χ0) is 23.8. The fourth-order valence-electron chi connectivity index (χ4n) is 4.03. The summed E-state index contributed by atoms with van der Waals surface area (Å²) in [6, 6.07) is 2.36. The summed E-state index contributed by atoms with van der Waals surface area (Å²) < 4.78 is 47.9. The second kappa shape index (κ2) is 9.17. The van der Waals surface area contributed by atoms with Crippen LogP contribution in [0, 0.1) is 5.82 Å². The monoisotopic (exact) mass is 481 g/mol. The van der Waals surface area contributed by atoms with Crippen LogP contribution in [0.15, 0.2) is 18.3 Å². The van der Waals surface area contributed by atoms with E-state index in [1.807, 2.05) is 0 Å². The third-order valence-electron chi connectivity index (χ3n) is 5.84. The Kier molecular flexibility index (Phi) is 6.47. The van der Waals surface area contributed by atoms with Gasteiger partial charge < -0.3 is 19.9 Å². The number of Topliss-reactive ketones (excluding diaryl/α,β-unsaturated/α-hetero) is 1. The van der Waals surface area contributed by atoms with Crippen LogP contribution in [0.3, 0.4) is 0 Å². The van der Waals surface area contributed by atoms with Crippen LogP contribution < -0.4 is 5.32 Å². The molecule has 2 aromatic rings. The average molecular weight is 482 g/mol. The van der Waals surface area contributed by atoms with Gasteiger partial charge in [-0.25, -0.2) is 4.39 Å². The van der Waals surface area contributed by atoms with Crippen LogP contribution in [0.1, 0.15) is 20.7 Å². The number of aromatic amines is 1. The van der Waals surface area contributed by atoms with Crippen molar-refractivity contribution in [1.82, 2.24) is 23.8 Å². The average Bonchev–Trinajstić information content (AvgIpc) is 3.29. The second-order valence-electron chi connectivity index (χ2n) is 7.67. The van der Waals surface area contributed by atoms with Crippen molar-refractivity contribution in [3.63, 3.8) is 0 Å². The molecule has 4 rings (SSSR count). The van der Waals surface area contributed by atoms with Crippen LogP contribution in [-0.2, 0) is 19.7 Å². The molecule has 2 N–H and O–H groups in total. The summed E-state index contributed by atoms with van der Waals surface area (Å²) >= 11 is 0. The molecule has 178 valence electrons. The van der Waals surface area contributed by atoms with Gasteiger partial charge in [-0.2, -0.15) is 17.0 Å². The van der Waals surface area contributed by atoms with Crippen LogP contribution in [0.4, 0.5) is 4.39 Å². The molecule has 2 aliphatic rings. The number of amides is 2. The number of fused-ring (bicyclic) bond motifs is 1. The highest BCUT2D eigenvalue weighted by atomic mass is 32.2. The number of halogens is 1. The molecular formula is C20H24FN5O6S. The number of nitrogens with zero attached hydrogens (tertiary/aromatic N) is 3. The number of piperazine rings is 1. The Balaban J connectivity index is 1.49. The van der Waals surface area contributed by atoms with Gasteiger partial charge in [0.05, 0.1) is 29.9 Å². The van der Waals surface area contributed by atoms with Gasteiger partial charge in [0.25, 0.3) is 27.8 Å². The number of H-pyrrole nitrogens is 1. The summed E-state index contributed by atoms with van der Waals surface area (Å²) in [5.74, 6) is -3.00. The Morgan fingerprint density at radius 1 is 1.00 bits per heavy atom. The fraction of sp³-hybridized carbons (Fsp3) is 0.450. The van der Waals surface area contributed by atoms with Gasteiger partial charge >= 0.3 is 0 Å². The first-order valence-electron chi connectivity index (χ1n) is 10.4. The van der Waals surface area contributed by atoms with E-state index in [2.05, 4.69) is 10.3 Å². The number of aromatic nitrogens is 1. The van der Waals surface area contributed by atoms with E-state index in [1.165, 1.54) is 32.8 Å². The molecule has 0 aliphatic carbocycles. The Bertz CT molecular complexity index is 1200. The summed E-state index contributed by atoms with van der Waals surface area (Å²) in [5.41, 5.74) is 0.0795. The van der Waals surface area contributed by atoms with Gasteiger partial charge in [-0.1, -0.05) is 0 Å². The van der Waals surface area contributed by atoms with E-state index in [1.54, 1.807) is 0 Å². The molecule has 2 amide bonds. The maximum Gasteiger partial charge on any atom is 0.295 e. The standard InChI is InChI=1S/C20H24FN5O6S/c1-22-19(28)13-2-3-15(21)16-14(12-23-17(13)16)18(27)20(29)24-4-6-25(7-5-24)33(30,31)26-8-10-32-11-9-26/h2-3,12,23H,4-11H2,1H3,(H,22,28). The predicted molar refractivity (Wildman–Crippen MR) is 115 cm³/mol. The van der Waals surface area contributed by atoms with Gasteiger partial charge in [-0.05, 0) is 12.1 Å². The van der Waals surface area contributed by atoms with E-state index < -0.39 is 33.6 Å². The molecular weight excluding hydrogens is 457 g/mol. The predicted octanol–water partition coefficient (Wildman–Crippen LogP) is -0.429. The SMILES string of the molecule is CNC(=O)c1ccc(F)c2c(C(=O)C(=O)N3CCN(S(=O)(=O)N4CCOCC4)CC3)c[nH]c12. The van der Waals surface area contributed by atoms with E-state index in [9.17, 15) is 27.2 Å². The Morgan fingerprint density at radius 2 is 1.64 bits per heavy atom. The largest absolute Gasteiger partial charge is 0.379 e. The zero-order valence-corrected chi connectivity index (χ0v) is 18.8. The van der Waals surface area contributed by atoms with Gasteiger partial charge in [0.15, 0.2) is 0 Å². The number of benzene rings is 1. The van der Waals surface area contributed by atoms with Gasteiger partial charge in [0.2, 0.25) is 0 Å². The minimum Gasteiger partial charge on any atom is -0.379 e. The number of hydrogen-bond donors (Lipinski definition) is 2. The van der Waals surface area contributed by atoms with Crippen molar-refractivity contribution < 1.29 is 31.9 Å². The third kappa shape index (κ3) is 4.24. The quantitative estimate of drug-likeness (QED) is 0.440. The fourth-order valence-corrected chi connectivity index (χ4v) is 5.59. The van der Waals surface area contributed by atoms with Crippen molar-refractivity contribution in [2.45, 2.75) is 0 Å². The maximum absolute atomic E-state index is 14.5. The van der Waals surface area contributed by atoms with Crippen LogP contribution in [-0.4, -0.2) is 104 Å². The van der Waals surface area contributed by atoms with Gasteiger partial charge in [0, 0.05) is 57.9 Å². The second-order valence-corrected chi connectivity index (χ2v) is 9.59. The van der Waals surface area contributed by atoms with Crippen molar-refractivity contribution >= 4 is 38.7 Å². The van der Waals surface area contributed by atoms with E-state index in [0.29, 0.717) is 13.2 Å². The molecule has 2 fully saturated rings. The Labute approximate surface area is 189 Å². The number of carbonyl (C=O) groups is 3. The number of ketones is 1. The maximum atomic E-state index is 14.5. The normalized spacial score (nSPS) is 18.4. The highest BCUT2D eigenvalue weighted by Crippen LogP contribution is 2.26. The van der Waals surface area contributed by atoms with Crippen LogP contribution in [0.25, 0.3) is 10.9 Å². The van der Waals surface area contributed by atoms with Crippen molar-refractivity contribution in [3.8, 4) is 0 Å². The van der Waals surface area contributed by atoms with Crippen molar-refractivity contribution in [3.05, 3.63) is 35.3 Å². The molecule has 0 saturated carbocycles. The van der Waals surface area contributed by atoms with Crippen LogP contribution in [0.2, 0.25) is 0 Å². The zero-order valence-electron chi connectivity index (χ0n) is 18.0. The summed E-state index contributed by atoms with van der Waals surface area (Å²) in [6.07, 6.45) is 1.21. The minimum atomic E-state index is -3.68.